The number of azide groups is 1. The van der Waals surface area contributed by atoms with E-state index in [0.29, 0.717) is 5.56 Å². The van der Waals surface area contributed by atoms with Gasteiger partial charge in [0.1, 0.15) is 0 Å². The van der Waals surface area contributed by atoms with Crippen LogP contribution in [0.15, 0.2) is 17.5 Å². The lowest BCUT2D eigenvalue weighted by molar-refractivity contribution is 1.15. The molecule has 0 amide bonds. The van der Waals surface area contributed by atoms with Gasteiger partial charge in [0.25, 0.3) is 0 Å². The lowest BCUT2D eigenvalue weighted by atomic mass is 10.3. The van der Waals surface area contributed by atoms with Crippen molar-refractivity contribution in [3.05, 3.63) is 33.7 Å². The normalized spacial score (nSPS) is 8.08. The highest BCUT2D eigenvalue weighted by molar-refractivity contribution is 6.28. The molecule has 0 aliphatic carbocycles. The molecule has 13 heavy (non-hydrogen) atoms. The molecule has 1 aromatic heterocycles. The van der Waals surface area contributed by atoms with Crippen LogP contribution in [-0.4, -0.2) is 16.5 Å². The third-order valence-electron chi connectivity index (χ3n) is 1.07. The van der Waals surface area contributed by atoms with Gasteiger partial charge in [-0.2, -0.15) is 0 Å². The van der Waals surface area contributed by atoms with E-state index < -0.39 is 0 Å². The lowest BCUT2D eigenvalue weighted by Gasteiger charge is -1.87. The van der Waals surface area contributed by atoms with Gasteiger partial charge in [-0.1, -0.05) is 17.0 Å². The van der Waals surface area contributed by atoms with Crippen LogP contribution in [0.4, 0.5) is 0 Å². The highest BCUT2D eigenvalue weighted by Crippen LogP contribution is 1.98. The fourth-order valence-corrected chi connectivity index (χ4v) is 0.683. The van der Waals surface area contributed by atoms with Crippen LogP contribution in [0.1, 0.15) is 5.56 Å². The Morgan fingerprint density at radius 3 is 2.85 bits per heavy atom. The van der Waals surface area contributed by atoms with Crippen LogP contribution in [0.3, 0.4) is 0 Å². The number of aromatic nitrogens is 2. The van der Waals surface area contributed by atoms with E-state index in [1.54, 1.807) is 0 Å². The Kier molecular flexibility index (Phi) is 3.58. The molecule has 6 heteroatoms. The van der Waals surface area contributed by atoms with E-state index in [0.717, 1.165) is 0 Å². The molecule has 1 rings (SSSR count). The SMILES string of the molecule is [N-]=[N+]=NCC#Cc1cnc(Cl)nc1. The van der Waals surface area contributed by atoms with Crippen LogP contribution in [0.2, 0.25) is 5.28 Å². The molecule has 0 unspecified atom stereocenters. The van der Waals surface area contributed by atoms with Crippen LogP contribution in [0.25, 0.3) is 10.4 Å². The Balaban J connectivity index is 2.66. The second kappa shape index (κ2) is 4.99. The zero-order valence-corrected chi connectivity index (χ0v) is 7.23. The molecule has 0 radical (unpaired) electrons. The van der Waals surface area contributed by atoms with E-state index in [4.69, 9.17) is 17.1 Å². The fourth-order valence-electron chi connectivity index (χ4n) is 0.585. The number of halogens is 1. The van der Waals surface area contributed by atoms with E-state index in [1.165, 1.54) is 12.4 Å². The second-order valence-corrected chi connectivity index (χ2v) is 2.27. The summed E-state index contributed by atoms with van der Waals surface area (Å²) >= 11 is 5.46. The topological polar surface area (TPSA) is 74.5 Å². The molecule has 0 aliphatic rings. The van der Waals surface area contributed by atoms with Crippen molar-refractivity contribution in [1.29, 1.82) is 0 Å². The second-order valence-electron chi connectivity index (χ2n) is 1.93. The van der Waals surface area contributed by atoms with Gasteiger partial charge in [-0.25, -0.2) is 9.97 Å². The van der Waals surface area contributed by atoms with Crippen molar-refractivity contribution in [3.8, 4) is 11.8 Å². The Morgan fingerprint density at radius 2 is 2.23 bits per heavy atom. The van der Waals surface area contributed by atoms with E-state index >= 15 is 0 Å². The van der Waals surface area contributed by atoms with Gasteiger partial charge in [-0.3, -0.25) is 0 Å². The number of hydrogen-bond donors (Lipinski definition) is 0. The molecule has 0 atom stereocenters. The monoisotopic (exact) mass is 193 g/mol. The summed E-state index contributed by atoms with van der Waals surface area (Å²) in [5, 5.41) is 3.43. The molecule has 0 aromatic carbocycles. The molecule has 1 heterocycles. The summed E-state index contributed by atoms with van der Waals surface area (Å²) in [5.41, 5.74) is 8.58. The minimum absolute atomic E-state index is 0.138. The molecule has 0 fully saturated rings. The highest BCUT2D eigenvalue weighted by Gasteiger charge is 1.88. The molecule has 64 valence electrons. The van der Waals surface area contributed by atoms with Gasteiger partial charge in [0.05, 0.1) is 12.1 Å². The van der Waals surface area contributed by atoms with Crippen LogP contribution >= 0.6 is 11.6 Å². The maximum atomic E-state index is 7.95. The summed E-state index contributed by atoms with van der Waals surface area (Å²) in [5.74, 6) is 5.34. The molecule has 0 aliphatic heterocycles. The maximum absolute atomic E-state index is 7.95. The number of nitrogens with zero attached hydrogens (tertiary/aromatic N) is 5. The predicted molar refractivity (Wildman–Crippen MR) is 47.9 cm³/mol. The van der Waals surface area contributed by atoms with E-state index in [2.05, 4.69) is 31.8 Å². The average molecular weight is 194 g/mol. The summed E-state index contributed by atoms with van der Waals surface area (Å²) in [6, 6.07) is 0. The van der Waals surface area contributed by atoms with Crippen molar-refractivity contribution in [2.24, 2.45) is 5.11 Å². The summed E-state index contributed by atoms with van der Waals surface area (Å²) in [4.78, 5) is 10.0. The van der Waals surface area contributed by atoms with Gasteiger partial charge >= 0.3 is 0 Å². The first kappa shape index (κ1) is 9.33. The third-order valence-corrected chi connectivity index (χ3v) is 1.26. The van der Waals surface area contributed by atoms with Gasteiger partial charge in [-0.15, -0.1) is 0 Å². The Bertz CT molecular complexity index is 382. The minimum Gasteiger partial charge on any atom is -0.225 e. The minimum atomic E-state index is 0.138. The van der Waals surface area contributed by atoms with Gasteiger partial charge in [0.2, 0.25) is 5.28 Å². The molecule has 0 saturated carbocycles. The first-order chi connectivity index (χ1) is 6.33. The Hall–Kier alpha value is -1.76. The third kappa shape index (κ3) is 3.43. The molecule has 0 spiro atoms. The van der Waals surface area contributed by atoms with Crippen molar-refractivity contribution < 1.29 is 0 Å². The molecule has 0 N–H and O–H groups in total. The van der Waals surface area contributed by atoms with Gasteiger partial charge in [-0.05, 0) is 17.1 Å². The van der Waals surface area contributed by atoms with Gasteiger partial charge in [0.15, 0.2) is 0 Å². The summed E-state index contributed by atoms with van der Waals surface area (Å²) < 4.78 is 0. The molecule has 0 saturated heterocycles. The number of rotatable bonds is 1. The fraction of sp³-hybridized carbons (Fsp3) is 0.143. The van der Waals surface area contributed by atoms with Crippen molar-refractivity contribution in [2.75, 3.05) is 6.54 Å². The first-order valence-corrected chi connectivity index (χ1v) is 3.68. The van der Waals surface area contributed by atoms with Crippen molar-refractivity contribution in [2.45, 2.75) is 0 Å². The standard InChI is InChI=1S/C7H4ClN5/c8-7-10-4-6(5-11-7)2-1-3-12-13-9/h4-5H,3H2. The lowest BCUT2D eigenvalue weighted by Crippen LogP contribution is -1.83. The van der Waals surface area contributed by atoms with Crippen LogP contribution in [0, 0.1) is 11.8 Å². The summed E-state index contributed by atoms with van der Waals surface area (Å²) in [6.07, 6.45) is 3.00. The van der Waals surface area contributed by atoms with Crippen molar-refractivity contribution >= 4 is 11.6 Å². The molecule has 5 nitrogen and oxygen atoms in total. The van der Waals surface area contributed by atoms with E-state index in [1.807, 2.05) is 0 Å². The van der Waals surface area contributed by atoms with Gasteiger partial charge < -0.3 is 0 Å². The average Bonchev–Trinajstić information content (AvgIpc) is 2.15. The van der Waals surface area contributed by atoms with E-state index in [9.17, 15) is 0 Å². The first-order valence-electron chi connectivity index (χ1n) is 3.30. The van der Waals surface area contributed by atoms with Gasteiger partial charge in [0, 0.05) is 17.3 Å². The Labute approximate surface area is 79.4 Å². The summed E-state index contributed by atoms with van der Waals surface area (Å²) in [6.45, 7) is 0.138. The predicted octanol–water partition coefficient (Wildman–Crippen LogP) is 1.79. The maximum Gasteiger partial charge on any atom is 0.222 e. The molecule has 1 aromatic rings. The van der Waals surface area contributed by atoms with E-state index in [-0.39, 0.29) is 11.8 Å². The Morgan fingerprint density at radius 1 is 1.54 bits per heavy atom. The smallest absolute Gasteiger partial charge is 0.222 e. The molecule has 0 bridgehead atoms. The number of hydrogen-bond acceptors (Lipinski definition) is 3. The van der Waals surface area contributed by atoms with Crippen molar-refractivity contribution in [3.63, 3.8) is 0 Å². The van der Waals surface area contributed by atoms with Crippen LogP contribution < -0.4 is 0 Å². The molecular formula is C7H4ClN5. The zero-order valence-electron chi connectivity index (χ0n) is 6.48. The zero-order chi connectivity index (χ0) is 9.52. The largest absolute Gasteiger partial charge is 0.225 e. The molecular weight excluding hydrogens is 190 g/mol. The summed E-state index contributed by atoms with van der Waals surface area (Å²) in [7, 11) is 0. The highest BCUT2D eigenvalue weighted by atomic mass is 35.5. The van der Waals surface area contributed by atoms with Crippen LogP contribution in [-0.2, 0) is 0 Å². The quantitative estimate of drug-likeness (QED) is 0.224. The van der Waals surface area contributed by atoms with Crippen LogP contribution in [0.5, 0.6) is 0 Å². The van der Waals surface area contributed by atoms with Crippen molar-refractivity contribution in [1.82, 2.24) is 9.97 Å².